The fraction of sp³-hybridized carbons (Fsp3) is 0.222. The van der Waals surface area contributed by atoms with E-state index in [2.05, 4.69) is 4.99 Å². The first-order valence-corrected chi connectivity index (χ1v) is 9.57. The van der Waals surface area contributed by atoms with Crippen molar-refractivity contribution in [1.29, 1.82) is 0 Å². The number of nitrogens with zero attached hydrogens (tertiary/aromatic N) is 2. The predicted molar refractivity (Wildman–Crippen MR) is 99.8 cm³/mol. The number of hydrogen-bond donors (Lipinski definition) is 0. The fourth-order valence-corrected chi connectivity index (χ4v) is 3.93. The molecule has 3 rings (SSSR count). The van der Waals surface area contributed by atoms with Gasteiger partial charge in [0.15, 0.2) is 4.80 Å². The first kappa shape index (κ1) is 17.0. The van der Waals surface area contributed by atoms with Crippen LogP contribution in [0.25, 0.3) is 10.2 Å². The number of methoxy groups -OCH3 is 1. The number of carbonyl (C=O) groups excluding carboxylic acids is 1. The van der Waals surface area contributed by atoms with Crippen molar-refractivity contribution in [3.05, 3.63) is 58.9 Å². The first-order valence-electron chi connectivity index (χ1n) is 7.53. The lowest BCUT2D eigenvalue weighted by Gasteiger charge is -2.04. The summed E-state index contributed by atoms with van der Waals surface area (Å²) in [6, 6.07) is 15.6. The highest BCUT2D eigenvalue weighted by Gasteiger charge is 2.09. The van der Waals surface area contributed by atoms with E-state index in [1.54, 1.807) is 24.9 Å². The number of ether oxygens (including phenoxy) is 1. The Hall–Kier alpha value is -1.89. The molecule has 0 saturated heterocycles. The van der Waals surface area contributed by atoms with E-state index < -0.39 is 0 Å². The average molecular weight is 358 g/mol. The molecular weight excluding hydrogens is 340 g/mol. The normalized spacial score (nSPS) is 12.0. The zero-order chi connectivity index (χ0) is 16.9. The van der Waals surface area contributed by atoms with Gasteiger partial charge in [-0.2, -0.15) is 4.99 Å². The lowest BCUT2D eigenvalue weighted by atomic mass is 10.2. The first-order chi connectivity index (χ1) is 11.7. The molecule has 3 aromatic rings. The molecule has 4 nitrogen and oxygen atoms in total. The molecule has 0 aliphatic rings. The number of carbonyl (C=O) groups is 1. The van der Waals surface area contributed by atoms with Gasteiger partial charge in [-0.25, -0.2) is 0 Å². The van der Waals surface area contributed by atoms with Crippen LogP contribution in [0.2, 0.25) is 0 Å². The maximum absolute atomic E-state index is 12.6. The fourth-order valence-electron chi connectivity index (χ4n) is 2.41. The number of thioether (sulfide) groups is 1. The summed E-state index contributed by atoms with van der Waals surface area (Å²) in [6.45, 7) is 1.24. The Bertz CT molecular complexity index is 928. The van der Waals surface area contributed by atoms with Crippen LogP contribution in [-0.4, -0.2) is 30.4 Å². The van der Waals surface area contributed by atoms with Gasteiger partial charge in [0.05, 0.1) is 16.8 Å². The van der Waals surface area contributed by atoms with Crippen molar-refractivity contribution < 1.29 is 9.53 Å². The van der Waals surface area contributed by atoms with E-state index in [0.717, 1.165) is 15.1 Å². The minimum atomic E-state index is -0.219. The molecule has 0 radical (unpaired) electrons. The molecule has 24 heavy (non-hydrogen) atoms. The number of thiazole rings is 1. The SMILES string of the molecule is COCCn1c(=NC(=O)c2cccc(SC)c2)sc2ccccc21. The summed E-state index contributed by atoms with van der Waals surface area (Å²) in [6.07, 6.45) is 1.99. The molecular formula is C18H18N2O2S2. The van der Waals surface area contributed by atoms with Gasteiger partial charge in [0.25, 0.3) is 5.91 Å². The molecule has 1 amide bonds. The lowest BCUT2D eigenvalue weighted by Crippen LogP contribution is -2.19. The largest absolute Gasteiger partial charge is 0.383 e. The van der Waals surface area contributed by atoms with E-state index in [-0.39, 0.29) is 5.91 Å². The Kier molecular flexibility index (Phi) is 5.50. The highest BCUT2D eigenvalue weighted by Crippen LogP contribution is 2.18. The Morgan fingerprint density at radius 3 is 2.88 bits per heavy atom. The standard InChI is InChI=1S/C18H18N2O2S2/c1-22-11-10-20-15-8-3-4-9-16(15)24-18(20)19-17(21)13-6-5-7-14(12-13)23-2/h3-9,12H,10-11H2,1-2H3. The van der Waals surface area contributed by atoms with Crippen molar-refractivity contribution in [2.24, 2.45) is 4.99 Å². The second kappa shape index (κ2) is 7.79. The second-order valence-corrected chi connectivity index (χ2v) is 7.03. The van der Waals surface area contributed by atoms with Crippen molar-refractivity contribution in [1.82, 2.24) is 4.57 Å². The van der Waals surface area contributed by atoms with Crippen molar-refractivity contribution in [2.75, 3.05) is 20.0 Å². The zero-order valence-electron chi connectivity index (χ0n) is 13.6. The van der Waals surface area contributed by atoms with Crippen molar-refractivity contribution >= 4 is 39.2 Å². The van der Waals surface area contributed by atoms with Crippen LogP contribution in [0.3, 0.4) is 0 Å². The number of rotatable bonds is 5. The number of fused-ring (bicyclic) bond motifs is 1. The molecule has 2 aromatic carbocycles. The van der Waals surface area contributed by atoms with Crippen LogP contribution < -0.4 is 4.80 Å². The predicted octanol–water partition coefficient (Wildman–Crippen LogP) is 3.81. The number of hydrogen-bond acceptors (Lipinski definition) is 4. The van der Waals surface area contributed by atoms with Crippen molar-refractivity contribution in [3.8, 4) is 0 Å². The molecule has 1 heterocycles. The molecule has 0 saturated carbocycles. The number of para-hydroxylation sites is 1. The Morgan fingerprint density at radius 2 is 2.08 bits per heavy atom. The zero-order valence-corrected chi connectivity index (χ0v) is 15.2. The summed E-state index contributed by atoms with van der Waals surface area (Å²) < 4.78 is 8.34. The van der Waals surface area contributed by atoms with Gasteiger partial charge in [-0.1, -0.05) is 29.5 Å². The molecule has 0 atom stereocenters. The maximum Gasteiger partial charge on any atom is 0.279 e. The summed E-state index contributed by atoms with van der Waals surface area (Å²) in [5.74, 6) is -0.219. The molecule has 0 spiro atoms. The molecule has 0 aliphatic heterocycles. The van der Waals surface area contributed by atoms with Gasteiger partial charge < -0.3 is 9.30 Å². The van der Waals surface area contributed by atoms with E-state index in [1.165, 1.54) is 11.3 Å². The summed E-state index contributed by atoms with van der Waals surface area (Å²) in [5, 5.41) is 0. The van der Waals surface area contributed by atoms with Crippen LogP contribution in [-0.2, 0) is 11.3 Å². The van der Waals surface area contributed by atoms with Crippen LogP contribution in [0.1, 0.15) is 10.4 Å². The number of aromatic nitrogens is 1. The highest BCUT2D eigenvalue weighted by molar-refractivity contribution is 7.98. The minimum absolute atomic E-state index is 0.219. The van der Waals surface area contributed by atoms with E-state index >= 15 is 0 Å². The lowest BCUT2D eigenvalue weighted by molar-refractivity contribution is 0.0997. The maximum atomic E-state index is 12.6. The molecule has 0 N–H and O–H groups in total. The monoisotopic (exact) mass is 358 g/mol. The van der Waals surface area contributed by atoms with Crippen LogP contribution in [0.4, 0.5) is 0 Å². The van der Waals surface area contributed by atoms with Gasteiger partial charge in [0, 0.05) is 24.1 Å². The highest BCUT2D eigenvalue weighted by atomic mass is 32.2. The van der Waals surface area contributed by atoms with Gasteiger partial charge in [-0.15, -0.1) is 11.8 Å². The molecule has 124 valence electrons. The van der Waals surface area contributed by atoms with E-state index in [0.29, 0.717) is 23.5 Å². The van der Waals surface area contributed by atoms with Crippen molar-refractivity contribution in [2.45, 2.75) is 11.4 Å². The Labute approximate surface area is 148 Å². The van der Waals surface area contributed by atoms with Crippen LogP contribution in [0.5, 0.6) is 0 Å². The number of amides is 1. The third-order valence-corrected chi connectivity index (χ3v) is 5.41. The van der Waals surface area contributed by atoms with Crippen molar-refractivity contribution in [3.63, 3.8) is 0 Å². The Balaban J connectivity index is 2.06. The van der Waals surface area contributed by atoms with E-state index in [9.17, 15) is 4.79 Å². The van der Waals surface area contributed by atoms with Crippen LogP contribution >= 0.6 is 23.1 Å². The minimum Gasteiger partial charge on any atom is -0.383 e. The summed E-state index contributed by atoms with van der Waals surface area (Å²) in [4.78, 5) is 18.7. The van der Waals surface area contributed by atoms with Crippen LogP contribution in [0, 0.1) is 0 Å². The Morgan fingerprint density at radius 1 is 1.25 bits per heavy atom. The molecule has 0 fully saturated rings. The smallest absolute Gasteiger partial charge is 0.279 e. The quantitative estimate of drug-likeness (QED) is 0.652. The van der Waals surface area contributed by atoms with Gasteiger partial charge in [-0.3, -0.25) is 4.79 Å². The topological polar surface area (TPSA) is 43.6 Å². The molecule has 0 bridgehead atoms. The van der Waals surface area contributed by atoms with E-state index in [1.807, 2.05) is 53.3 Å². The molecule has 1 aromatic heterocycles. The average Bonchev–Trinajstić information content (AvgIpc) is 2.97. The third kappa shape index (κ3) is 3.61. The number of benzene rings is 2. The summed E-state index contributed by atoms with van der Waals surface area (Å²) >= 11 is 3.13. The van der Waals surface area contributed by atoms with Gasteiger partial charge in [0.2, 0.25) is 0 Å². The van der Waals surface area contributed by atoms with Crippen LogP contribution in [0.15, 0.2) is 58.4 Å². The van der Waals surface area contributed by atoms with Gasteiger partial charge in [0.1, 0.15) is 0 Å². The second-order valence-electron chi connectivity index (χ2n) is 5.15. The summed E-state index contributed by atoms with van der Waals surface area (Å²) in [5.41, 5.74) is 1.68. The van der Waals surface area contributed by atoms with Gasteiger partial charge >= 0.3 is 0 Å². The van der Waals surface area contributed by atoms with Gasteiger partial charge in [-0.05, 0) is 36.6 Å². The van der Waals surface area contributed by atoms with E-state index in [4.69, 9.17) is 4.74 Å². The molecule has 0 aliphatic carbocycles. The summed E-state index contributed by atoms with van der Waals surface area (Å²) in [7, 11) is 1.67. The molecule has 6 heteroatoms. The molecule has 0 unspecified atom stereocenters. The third-order valence-electron chi connectivity index (χ3n) is 3.62.